The number of ether oxygens (including phenoxy) is 2. The van der Waals surface area contributed by atoms with E-state index in [0.717, 1.165) is 25.1 Å². The Balaban J connectivity index is 1.82. The van der Waals surface area contributed by atoms with E-state index in [2.05, 4.69) is 18.0 Å². The lowest BCUT2D eigenvalue weighted by atomic mass is 9.69. The second-order valence-corrected chi connectivity index (χ2v) is 6.83. The summed E-state index contributed by atoms with van der Waals surface area (Å²) in [6.45, 7) is 3.23. The minimum absolute atomic E-state index is 0.106. The molecule has 2 heterocycles. The smallest absolute Gasteiger partial charge is 0.303 e. The van der Waals surface area contributed by atoms with Crippen molar-refractivity contribution in [1.29, 1.82) is 0 Å². The van der Waals surface area contributed by atoms with Gasteiger partial charge in [-0.25, -0.2) is 0 Å². The Hall–Kier alpha value is -2.01. The summed E-state index contributed by atoms with van der Waals surface area (Å²) in [6.07, 6.45) is 5.31. The molecule has 1 spiro atoms. The van der Waals surface area contributed by atoms with Gasteiger partial charge in [-0.1, -0.05) is 12.1 Å². The van der Waals surface area contributed by atoms with Crippen molar-refractivity contribution in [3.63, 3.8) is 0 Å². The lowest BCUT2D eigenvalue weighted by Crippen LogP contribution is -2.43. The Morgan fingerprint density at radius 1 is 1.48 bits per heavy atom. The van der Waals surface area contributed by atoms with Crippen molar-refractivity contribution in [3.05, 3.63) is 35.4 Å². The number of hydrogen-bond acceptors (Lipinski definition) is 5. The minimum atomic E-state index is -0.282. The minimum Gasteiger partial charge on any atom is -0.504 e. The zero-order valence-corrected chi connectivity index (χ0v) is 13.4. The number of benzene rings is 1. The van der Waals surface area contributed by atoms with E-state index in [0.29, 0.717) is 12.2 Å². The molecule has 0 aromatic heterocycles. The maximum absolute atomic E-state index is 11.2. The van der Waals surface area contributed by atoms with Gasteiger partial charge in [0.2, 0.25) is 0 Å². The highest BCUT2D eigenvalue weighted by Gasteiger charge is 2.53. The molecule has 1 aliphatic carbocycles. The average Bonchev–Trinajstić information content (AvgIpc) is 2.76. The topological polar surface area (TPSA) is 59.0 Å². The van der Waals surface area contributed by atoms with Crippen LogP contribution in [0.1, 0.15) is 30.9 Å². The molecule has 1 N–H and O–H groups in total. The number of phenolic OH excluding ortho intramolecular Hbond substituents is 1. The summed E-state index contributed by atoms with van der Waals surface area (Å²) < 4.78 is 11.5. The van der Waals surface area contributed by atoms with E-state index in [1.54, 1.807) is 6.07 Å². The molecule has 5 heteroatoms. The fourth-order valence-electron chi connectivity index (χ4n) is 4.22. The zero-order chi connectivity index (χ0) is 16.2. The Morgan fingerprint density at radius 3 is 3.09 bits per heavy atom. The number of phenols is 1. The van der Waals surface area contributed by atoms with Crippen molar-refractivity contribution in [2.75, 3.05) is 13.6 Å². The van der Waals surface area contributed by atoms with Gasteiger partial charge in [0.05, 0.1) is 5.41 Å². The molecular formula is C18H21NO4. The molecule has 23 heavy (non-hydrogen) atoms. The Morgan fingerprint density at radius 2 is 2.30 bits per heavy atom. The van der Waals surface area contributed by atoms with Crippen molar-refractivity contribution in [3.8, 4) is 11.5 Å². The van der Waals surface area contributed by atoms with Gasteiger partial charge in [-0.3, -0.25) is 4.79 Å². The monoisotopic (exact) mass is 315 g/mol. The molecule has 3 aliphatic rings. The largest absolute Gasteiger partial charge is 0.504 e. The predicted molar refractivity (Wildman–Crippen MR) is 84.5 cm³/mol. The van der Waals surface area contributed by atoms with Crippen LogP contribution in [0.2, 0.25) is 0 Å². The van der Waals surface area contributed by atoms with Gasteiger partial charge in [0.25, 0.3) is 0 Å². The van der Waals surface area contributed by atoms with Crippen LogP contribution in [0.15, 0.2) is 24.3 Å². The molecule has 0 saturated carbocycles. The number of esters is 1. The van der Waals surface area contributed by atoms with E-state index in [-0.39, 0.29) is 29.3 Å². The van der Waals surface area contributed by atoms with Gasteiger partial charge in [0.1, 0.15) is 12.2 Å². The Labute approximate surface area is 135 Å². The maximum Gasteiger partial charge on any atom is 0.303 e. The molecule has 0 radical (unpaired) electrons. The summed E-state index contributed by atoms with van der Waals surface area (Å²) in [6, 6.07) is 3.71. The highest BCUT2D eigenvalue weighted by atomic mass is 16.5. The first-order chi connectivity index (χ1) is 11.0. The molecule has 2 aliphatic heterocycles. The summed E-state index contributed by atoms with van der Waals surface area (Å²) in [5, 5.41) is 10.3. The molecule has 3 atom stereocenters. The van der Waals surface area contributed by atoms with Crippen LogP contribution in [0.25, 0.3) is 0 Å². The van der Waals surface area contributed by atoms with Crippen molar-refractivity contribution in [2.24, 2.45) is 0 Å². The number of carbonyl (C=O) groups excluding carboxylic acids is 1. The number of carbonyl (C=O) groups is 1. The standard InChI is InChI=1S/C18H21NO4/c1-11(20)22-13-5-6-18-7-8-19(2)10-12-3-4-14(21)17(16(12)18)23-15(18)9-13/h3-6,13,15,21H,7-10H2,1-2H3/t13-,15-,18?/m0/s1. The molecule has 1 unspecified atom stereocenters. The Bertz CT molecular complexity index is 699. The van der Waals surface area contributed by atoms with E-state index in [4.69, 9.17) is 9.47 Å². The highest BCUT2D eigenvalue weighted by molar-refractivity contribution is 5.66. The molecule has 122 valence electrons. The van der Waals surface area contributed by atoms with Crippen LogP contribution in [-0.4, -0.2) is 41.8 Å². The fraction of sp³-hybridized carbons (Fsp3) is 0.500. The first kappa shape index (κ1) is 14.6. The molecule has 5 nitrogen and oxygen atoms in total. The van der Waals surface area contributed by atoms with Crippen molar-refractivity contribution < 1.29 is 19.4 Å². The van der Waals surface area contributed by atoms with Gasteiger partial charge in [-0.05, 0) is 37.7 Å². The average molecular weight is 315 g/mol. The van der Waals surface area contributed by atoms with Gasteiger partial charge < -0.3 is 19.5 Å². The summed E-state index contributed by atoms with van der Waals surface area (Å²) in [5.74, 6) is 0.519. The van der Waals surface area contributed by atoms with Crippen LogP contribution in [-0.2, 0) is 21.5 Å². The van der Waals surface area contributed by atoms with Crippen molar-refractivity contribution in [1.82, 2.24) is 4.90 Å². The van der Waals surface area contributed by atoms with Crippen LogP contribution in [0.4, 0.5) is 0 Å². The molecule has 1 aromatic rings. The van der Waals surface area contributed by atoms with E-state index in [1.807, 2.05) is 12.1 Å². The number of hydrogen-bond donors (Lipinski definition) is 1. The highest BCUT2D eigenvalue weighted by Crippen LogP contribution is 2.55. The second kappa shape index (κ2) is 4.99. The summed E-state index contributed by atoms with van der Waals surface area (Å²) in [7, 11) is 2.11. The summed E-state index contributed by atoms with van der Waals surface area (Å²) >= 11 is 0. The number of aromatic hydroxyl groups is 1. The van der Waals surface area contributed by atoms with Crippen LogP contribution >= 0.6 is 0 Å². The predicted octanol–water partition coefficient (Wildman–Crippen LogP) is 2.12. The third-order valence-corrected chi connectivity index (χ3v) is 5.24. The molecule has 0 saturated heterocycles. The third-order valence-electron chi connectivity index (χ3n) is 5.24. The first-order valence-corrected chi connectivity index (χ1v) is 8.07. The second-order valence-electron chi connectivity index (χ2n) is 6.83. The van der Waals surface area contributed by atoms with Crippen molar-refractivity contribution in [2.45, 2.75) is 43.9 Å². The van der Waals surface area contributed by atoms with E-state index in [1.165, 1.54) is 12.5 Å². The van der Waals surface area contributed by atoms with E-state index >= 15 is 0 Å². The van der Waals surface area contributed by atoms with Gasteiger partial charge in [0.15, 0.2) is 11.5 Å². The molecule has 0 bridgehead atoms. The van der Waals surface area contributed by atoms with Gasteiger partial charge in [-0.15, -0.1) is 0 Å². The lowest BCUT2D eigenvalue weighted by molar-refractivity contribution is -0.145. The van der Waals surface area contributed by atoms with Crippen LogP contribution < -0.4 is 4.74 Å². The molecule has 1 aromatic carbocycles. The van der Waals surface area contributed by atoms with Crippen molar-refractivity contribution >= 4 is 5.97 Å². The van der Waals surface area contributed by atoms with Crippen LogP contribution in [0, 0.1) is 0 Å². The van der Waals surface area contributed by atoms with Gasteiger partial charge in [0, 0.05) is 25.5 Å². The quantitative estimate of drug-likeness (QED) is 0.635. The number of nitrogens with zero attached hydrogens (tertiary/aromatic N) is 1. The lowest BCUT2D eigenvalue weighted by Gasteiger charge is -2.36. The van der Waals surface area contributed by atoms with Crippen LogP contribution in [0.3, 0.4) is 0 Å². The molecular weight excluding hydrogens is 294 g/mol. The Kier molecular flexibility index (Phi) is 3.17. The zero-order valence-electron chi connectivity index (χ0n) is 13.4. The first-order valence-electron chi connectivity index (χ1n) is 8.07. The van der Waals surface area contributed by atoms with E-state index in [9.17, 15) is 9.90 Å². The molecule has 4 rings (SSSR count). The summed E-state index contributed by atoms with van der Waals surface area (Å²) in [5.41, 5.74) is 2.09. The maximum atomic E-state index is 11.2. The summed E-state index contributed by atoms with van der Waals surface area (Å²) in [4.78, 5) is 13.5. The fourth-order valence-corrected chi connectivity index (χ4v) is 4.22. The normalized spacial score (nSPS) is 31.7. The SMILES string of the molecule is CC(=O)O[C@H]1C=CC23CCN(C)Cc4ccc(O)c(c42)O[C@H]3C1. The van der Waals surface area contributed by atoms with Gasteiger partial charge in [-0.2, -0.15) is 0 Å². The van der Waals surface area contributed by atoms with Gasteiger partial charge >= 0.3 is 5.97 Å². The number of rotatable bonds is 1. The van der Waals surface area contributed by atoms with Crippen LogP contribution in [0.5, 0.6) is 11.5 Å². The van der Waals surface area contributed by atoms with E-state index < -0.39 is 0 Å². The molecule has 0 fully saturated rings. The molecule has 0 amide bonds. The third kappa shape index (κ3) is 2.14.